The first-order valence-electron chi connectivity index (χ1n) is 11.7. The molecule has 4 aromatic rings. The Labute approximate surface area is 207 Å². The van der Waals surface area contributed by atoms with Crippen LogP contribution in [0.4, 0.5) is 13.6 Å². The number of aromatic nitrogens is 2. The number of rotatable bonds is 7. The second-order valence-electron chi connectivity index (χ2n) is 8.61. The monoisotopic (exact) mass is 486 g/mol. The fourth-order valence-corrected chi connectivity index (χ4v) is 4.40. The fraction of sp³-hybridized carbons (Fsp3) is 0.179. The Hall–Kier alpha value is -4.33. The van der Waals surface area contributed by atoms with E-state index in [9.17, 15) is 13.6 Å². The number of halogens is 2. The van der Waals surface area contributed by atoms with E-state index in [2.05, 4.69) is 27.6 Å². The maximum Gasteiger partial charge on any atom is 0.322 e. The Kier molecular flexibility index (Phi) is 6.58. The van der Waals surface area contributed by atoms with Gasteiger partial charge >= 0.3 is 6.03 Å². The van der Waals surface area contributed by atoms with Crippen LogP contribution in [0, 0.1) is 11.6 Å². The molecule has 6 nitrogen and oxygen atoms in total. The van der Waals surface area contributed by atoms with E-state index < -0.39 is 11.9 Å². The van der Waals surface area contributed by atoms with Crippen LogP contribution >= 0.6 is 0 Å². The van der Waals surface area contributed by atoms with Gasteiger partial charge < -0.3 is 9.84 Å². The molecule has 8 heteroatoms. The molecule has 0 bridgehead atoms. The number of hydrogen-bond acceptors (Lipinski definition) is 4. The molecule has 0 saturated carbocycles. The van der Waals surface area contributed by atoms with Gasteiger partial charge in [-0.15, -0.1) is 0 Å². The van der Waals surface area contributed by atoms with Gasteiger partial charge in [0, 0.05) is 17.8 Å². The summed E-state index contributed by atoms with van der Waals surface area (Å²) in [6.45, 7) is 2.30. The van der Waals surface area contributed by atoms with Crippen LogP contribution in [-0.4, -0.2) is 27.6 Å². The third-order valence-electron chi connectivity index (χ3n) is 6.23. The molecular formula is C28H24F2N4O2. The highest BCUT2D eigenvalue weighted by atomic mass is 19.1. The summed E-state index contributed by atoms with van der Waals surface area (Å²) < 4.78 is 33.1. The maximum absolute atomic E-state index is 14.1. The minimum Gasteiger partial charge on any atom is -0.334 e. The van der Waals surface area contributed by atoms with E-state index in [0.29, 0.717) is 28.9 Å². The summed E-state index contributed by atoms with van der Waals surface area (Å²) in [6.07, 6.45) is 1.56. The van der Waals surface area contributed by atoms with Gasteiger partial charge in [-0.05, 0) is 67.3 Å². The molecule has 0 aliphatic carbocycles. The van der Waals surface area contributed by atoms with E-state index in [-0.39, 0.29) is 23.6 Å². The average molecular weight is 487 g/mol. The van der Waals surface area contributed by atoms with Crippen LogP contribution < -0.4 is 5.32 Å². The highest BCUT2D eigenvalue weighted by Gasteiger charge is 2.35. The van der Waals surface area contributed by atoms with Crippen LogP contribution in [-0.2, 0) is 6.42 Å². The number of hydrogen-bond donors (Lipinski definition) is 1. The van der Waals surface area contributed by atoms with Gasteiger partial charge in [0.25, 0.3) is 5.89 Å². The van der Waals surface area contributed by atoms with Crippen molar-refractivity contribution in [1.82, 2.24) is 20.4 Å². The number of aryl methyl sites for hydroxylation is 1. The fourth-order valence-electron chi connectivity index (χ4n) is 4.40. The number of carbonyl (C=O) groups is 1. The molecule has 1 aromatic heterocycles. The summed E-state index contributed by atoms with van der Waals surface area (Å²) in [5.41, 5.74) is 3.57. The normalized spacial score (nSPS) is 15.8. The lowest BCUT2D eigenvalue weighted by atomic mass is 9.94. The molecular weight excluding hydrogens is 462 g/mol. The van der Waals surface area contributed by atoms with Crippen molar-refractivity contribution in [2.75, 3.05) is 6.54 Å². The molecule has 36 heavy (non-hydrogen) atoms. The van der Waals surface area contributed by atoms with Crippen LogP contribution in [0.15, 0.2) is 89.1 Å². The Morgan fingerprint density at radius 3 is 2.50 bits per heavy atom. The number of benzene rings is 3. The van der Waals surface area contributed by atoms with Crippen molar-refractivity contribution in [3.63, 3.8) is 0 Å². The van der Waals surface area contributed by atoms with E-state index in [4.69, 9.17) is 4.52 Å². The quantitative estimate of drug-likeness (QED) is 0.340. The summed E-state index contributed by atoms with van der Waals surface area (Å²) in [4.78, 5) is 19.3. The summed E-state index contributed by atoms with van der Waals surface area (Å²) in [5.74, 6) is -0.292. The lowest BCUT2D eigenvalue weighted by molar-refractivity contribution is 0.204. The maximum atomic E-state index is 14.1. The van der Waals surface area contributed by atoms with Crippen LogP contribution in [0.5, 0.6) is 0 Å². The molecule has 3 aromatic carbocycles. The van der Waals surface area contributed by atoms with E-state index in [1.807, 2.05) is 25.1 Å². The van der Waals surface area contributed by atoms with Crippen molar-refractivity contribution in [1.29, 1.82) is 0 Å². The molecule has 1 N–H and O–H groups in total. The third kappa shape index (κ3) is 4.88. The van der Waals surface area contributed by atoms with E-state index >= 15 is 0 Å². The van der Waals surface area contributed by atoms with Crippen molar-refractivity contribution in [3.8, 4) is 11.4 Å². The van der Waals surface area contributed by atoms with Crippen molar-refractivity contribution in [2.24, 2.45) is 0 Å². The lowest BCUT2D eigenvalue weighted by Gasteiger charge is -2.35. The minimum absolute atomic E-state index is 0.203. The molecule has 2 amide bonds. The summed E-state index contributed by atoms with van der Waals surface area (Å²) in [6, 6.07) is 20.9. The van der Waals surface area contributed by atoms with Crippen LogP contribution in [0.25, 0.3) is 17.0 Å². The smallest absolute Gasteiger partial charge is 0.322 e. The molecule has 1 aliphatic heterocycles. The van der Waals surface area contributed by atoms with Gasteiger partial charge in [0.2, 0.25) is 5.82 Å². The van der Waals surface area contributed by atoms with Gasteiger partial charge in [-0.25, -0.2) is 13.6 Å². The number of nitrogens with zero attached hydrogens (tertiary/aromatic N) is 3. The first-order chi connectivity index (χ1) is 17.5. The molecule has 0 fully saturated rings. The second kappa shape index (κ2) is 10.1. The predicted octanol–water partition coefficient (Wildman–Crippen LogP) is 6.15. The average Bonchev–Trinajstić information content (AvgIpc) is 3.36. The number of allylic oxidation sites excluding steroid dienone is 1. The van der Waals surface area contributed by atoms with E-state index in [1.54, 1.807) is 29.2 Å². The summed E-state index contributed by atoms with van der Waals surface area (Å²) in [7, 11) is 0. The number of nitrogens with one attached hydrogen (secondary N) is 1. The predicted molar refractivity (Wildman–Crippen MR) is 131 cm³/mol. The van der Waals surface area contributed by atoms with E-state index in [0.717, 1.165) is 12.8 Å². The Morgan fingerprint density at radius 2 is 1.75 bits per heavy atom. The van der Waals surface area contributed by atoms with Gasteiger partial charge in [-0.3, -0.25) is 4.90 Å². The highest BCUT2D eigenvalue weighted by molar-refractivity contribution is 5.86. The van der Waals surface area contributed by atoms with Gasteiger partial charge in [0.15, 0.2) is 0 Å². The van der Waals surface area contributed by atoms with Crippen LogP contribution in [0.2, 0.25) is 0 Å². The molecule has 1 aliphatic rings. The van der Waals surface area contributed by atoms with E-state index in [1.165, 1.54) is 29.8 Å². The van der Waals surface area contributed by atoms with Crippen LogP contribution in [0.1, 0.15) is 36.4 Å². The van der Waals surface area contributed by atoms with Gasteiger partial charge in [-0.2, -0.15) is 4.98 Å². The molecule has 0 saturated heterocycles. The van der Waals surface area contributed by atoms with Gasteiger partial charge in [0.05, 0.1) is 11.6 Å². The molecule has 182 valence electrons. The zero-order chi connectivity index (χ0) is 25.1. The van der Waals surface area contributed by atoms with Gasteiger partial charge in [0.1, 0.15) is 11.6 Å². The molecule has 1 atom stereocenters. The van der Waals surface area contributed by atoms with Crippen molar-refractivity contribution >= 4 is 11.6 Å². The zero-order valence-corrected chi connectivity index (χ0v) is 19.6. The number of carbonyl (C=O) groups excluding carboxylic acids is 1. The topological polar surface area (TPSA) is 71.3 Å². The van der Waals surface area contributed by atoms with Crippen molar-refractivity contribution in [3.05, 3.63) is 113 Å². The standard InChI is InChI=1S/C28H24F2N4O2/c1-18-24(27-32-26(33-36-27)20-12-14-22(29)15-13-20)25(21-10-5-11-23(30)17-21)31-28(35)34(18)16-6-9-19-7-3-2-4-8-19/h2-5,7-8,10-15,17,25H,6,9,16H2,1H3,(H,31,35). The van der Waals surface area contributed by atoms with Crippen molar-refractivity contribution in [2.45, 2.75) is 25.8 Å². The lowest BCUT2D eigenvalue weighted by Crippen LogP contribution is -2.46. The second-order valence-corrected chi connectivity index (χ2v) is 8.61. The first kappa shape index (κ1) is 23.4. The summed E-state index contributed by atoms with van der Waals surface area (Å²) >= 11 is 0. The summed E-state index contributed by atoms with van der Waals surface area (Å²) in [5, 5.41) is 7.05. The Morgan fingerprint density at radius 1 is 0.972 bits per heavy atom. The minimum atomic E-state index is -0.680. The highest BCUT2D eigenvalue weighted by Crippen LogP contribution is 2.37. The van der Waals surface area contributed by atoms with Crippen LogP contribution in [0.3, 0.4) is 0 Å². The Balaban J connectivity index is 1.49. The third-order valence-corrected chi connectivity index (χ3v) is 6.23. The molecule has 2 heterocycles. The molecule has 0 spiro atoms. The Bertz CT molecular complexity index is 1400. The molecule has 1 unspecified atom stereocenters. The molecule has 5 rings (SSSR count). The van der Waals surface area contributed by atoms with Crippen molar-refractivity contribution < 1.29 is 18.1 Å². The number of urea groups is 1. The SMILES string of the molecule is CC1=C(c2nc(-c3ccc(F)cc3)no2)C(c2cccc(F)c2)NC(=O)N1CCCc1ccccc1. The zero-order valence-electron chi connectivity index (χ0n) is 19.6. The first-order valence-corrected chi connectivity index (χ1v) is 11.7. The largest absolute Gasteiger partial charge is 0.334 e. The number of amides is 2. The molecule has 0 radical (unpaired) electrons. The van der Waals surface area contributed by atoms with Gasteiger partial charge in [-0.1, -0.05) is 47.6 Å².